The van der Waals surface area contributed by atoms with Gasteiger partial charge in [-0.1, -0.05) is 13.8 Å². The first-order valence-electron chi connectivity index (χ1n) is 4.16. The Morgan fingerprint density at radius 1 is 1.50 bits per heavy atom. The van der Waals surface area contributed by atoms with Crippen LogP contribution < -0.4 is 5.73 Å². The maximum Gasteiger partial charge on any atom is 0.333 e. The molecule has 4 atom stereocenters. The maximum atomic E-state index is 10.7. The van der Waals surface area contributed by atoms with Crippen molar-refractivity contribution in [1.82, 2.24) is 0 Å². The lowest BCUT2D eigenvalue weighted by Crippen LogP contribution is -2.26. The van der Waals surface area contributed by atoms with E-state index in [0.29, 0.717) is 6.54 Å². The van der Waals surface area contributed by atoms with E-state index in [0.717, 1.165) is 0 Å². The minimum absolute atomic E-state index is 0.0519. The highest BCUT2D eigenvalue weighted by atomic mass is 16.5. The summed E-state index contributed by atoms with van der Waals surface area (Å²) in [5.41, 5.74) is 5.43. The molecule has 0 radical (unpaired) electrons. The van der Waals surface area contributed by atoms with Crippen molar-refractivity contribution in [2.24, 2.45) is 17.6 Å². The normalized spacial score (nSPS) is 41.6. The van der Waals surface area contributed by atoms with Gasteiger partial charge in [0.05, 0.1) is 6.10 Å². The third-order valence-electron chi connectivity index (χ3n) is 2.69. The smallest absolute Gasteiger partial charge is 0.333 e. The molecule has 1 fully saturated rings. The minimum atomic E-state index is -0.884. The van der Waals surface area contributed by atoms with Crippen molar-refractivity contribution in [1.29, 1.82) is 0 Å². The van der Waals surface area contributed by atoms with E-state index in [1.165, 1.54) is 0 Å². The van der Waals surface area contributed by atoms with E-state index in [9.17, 15) is 4.79 Å². The monoisotopic (exact) mass is 173 g/mol. The third-order valence-corrected chi connectivity index (χ3v) is 2.69. The summed E-state index contributed by atoms with van der Waals surface area (Å²) in [5, 5.41) is 8.75. The Hall–Kier alpha value is -0.610. The first kappa shape index (κ1) is 9.48. The van der Waals surface area contributed by atoms with Crippen LogP contribution in [0.15, 0.2) is 0 Å². The second kappa shape index (κ2) is 3.41. The van der Waals surface area contributed by atoms with Crippen LogP contribution in [0.1, 0.15) is 13.8 Å². The van der Waals surface area contributed by atoms with Gasteiger partial charge in [0.1, 0.15) is 0 Å². The summed E-state index contributed by atoms with van der Waals surface area (Å²) in [5.74, 6) is -0.600. The summed E-state index contributed by atoms with van der Waals surface area (Å²) in [6, 6.07) is 0. The van der Waals surface area contributed by atoms with Crippen LogP contribution in [-0.2, 0) is 9.53 Å². The molecule has 0 aliphatic carbocycles. The number of hydrogen-bond acceptors (Lipinski definition) is 3. The maximum absolute atomic E-state index is 10.7. The molecule has 1 rings (SSSR count). The number of carbonyl (C=O) groups is 1. The SMILES string of the molecule is CC1C(CN)OC(C(=O)O)C1C. The quantitative estimate of drug-likeness (QED) is 0.619. The number of ether oxygens (including phenoxy) is 1. The van der Waals surface area contributed by atoms with Gasteiger partial charge in [-0.15, -0.1) is 0 Å². The van der Waals surface area contributed by atoms with Crippen molar-refractivity contribution in [3.05, 3.63) is 0 Å². The van der Waals surface area contributed by atoms with Gasteiger partial charge in [-0.2, -0.15) is 0 Å². The molecule has 1 aliphatic rings. The number of rotatable bonds is 2. The molecular weight excluding hydrogens is 158 g/mol. The lowest BCUT2D eigenvalue weighted by Gasteiger charge is -2.12. The molecule has 1 saturated heterocycles. The summed E-state index contributed by atoms with van der Waals surface area (Å²) in [6.07, 6.45) is -0.769. The fraction of sp³-hybridized carbons (Fsp3) is 0.875. The Morgan fingerprint density at radius 3 is 2.33 bits per heavy atom. The van der Waals surface area contributed by atoms with Crippen molar-refractivity contribution in [3.8, 4) is 0 Å². The number of carboxylic acid groups (broad SMARTS) is 1. The summed E-state index contributed by atoms with van der Waals surface area (Å²) in [7, 11) is 0. The Bertz CT molecular complexity index is 183. The zero-order valence-electron chi connectivity index (χ0n) is 7.36. The molecule has 70 valence electrons. The third kappa shape index (κ3) is 1.44. The molecule has 0 spiro atoms. The Morgan fingerprint density at radius 2 is 2.08 bits per heavy atom. The van der Waals surface area contributed by atoms with Crippen LogP contribution in [0, 0.1) is 11.8 Å². The van der Waals surface area contributed by atoms with Gasteiger partial charge in [-0.05, 0) is 11.8 Å². The molecule has 4 heteroatoms. The van der Waals surface area contributed by atoms with E-state index in [1.54, 1.807) is 0 Å². The van der Waals surface area contributed by atoms with Crippen LogP contribution in [0.5, 0.6) is 0 Å². The van der Waals surface area contributed by atoms with Gasteiger partial charge in [0, 0.05) is 6.54 Å². The lowest BCUT2D eigenvalue weighted by atomic mass is 9.90. The van der Waals surface area contributed by atoms with Crippen LogP contribution in [0.4, 0.5) is 0 Å². The molecule has 0 bridgehead atoms. The van der Waals surface area contributed by atoms with E-state index in [2.05, 4.69) is 0 Å². The van der Waals surface area contributed by atoms with E-state index < -0.39 is 12.1 Å². The van der Waals surface area contributed by atoms with Crippen LogP contribution in [0.3, 0.4) is 0 Å². The molecule has 12 heavy (non-hydrogen) atoms. The predicted molar refractivity (Wildman–Crippen MR) is 43.7 cm³/mol. The number of aliphatic carboxylic acids is 1. The Balaban J connectivity index is 2.66. The molecule has 4 nitrogen and oxygen atoms in total. The number of carboxylic acids is 1. The highest BCUT2D eigenvalue weighted by Crippen LogP contribution is 2.31. The van der Waals surface area contributed by atoms with Gasteiger partial charge in [0.15, 0.2) is 6.10 Å². The van der Waals surface area contributed by atoms with Crippen molar-refractivity contribution >= 4 is 5.97 Å². The van der Waals surface area contributed by atoms with E-state index in [1.807, 2.05) is 13.8 Å². The van der Waals surface area contributed by atoms with Gasteiger partial charge < -0.3 is 15.6 Å². The van der Waals surface area contributed by atoms with Crippen molar-refractivity contribution in [2.45, 2.75) is 26.1 Å². The molecule has 4 unspecified atom stereocenters. The van der Waals surface area contributed by atoms with Gasteiger partial charge in [0.25, 0.3) is 0 Å². The van der Waals surface area contributed by atoms with Gasteiger partial charge in [-0.3, -0.25) is 0 Å². The molecule has 1 heterocycles. The first-order chi connectivity index (χ1) is 5.57. The number of nitrogens with two attached hydrogens (primary N) is 1. The second-order valence-electron chi connectivity index (χ2n) is 3.39. The molecule has 0 aromatic carbocycles. The minimum Gasteiger partial charge on any atom is -0.479 e. The van der Waals surface area contributed by atoms with Crippen LogP contribution in [0.2, 0.25) is 0 Å². The number of hydrogen-bond donors (Lipinski definition) is 2. The van der Waals surface area contributed by atoms with E-state index in [4.69, 9.17) is 15.6 Å². The fourth-order valence-electron chi connectivity index (χ4n) is 1.60. The summed E-state index contributed by atoms with van der Waals surface area (Å²) >= 11 is 0. The van der Waals surface area contributed by atoms with Gasteiger partial charge >= 0.3 is 5.97 Å². The topological polar surface area (TPSA) is 72.5 Å². The van der Waals surface area contributed by atoms with E-state index >= 15 is 0 Å². The van der Waals surface area contributed by atoms with Crippen LogP contribution >= 0.6 is 0 Å². The molecule has 0 amide bonds. The average Bonchev–Trinajstić information content (AvgIpc) is 2.30. The molecule has 1 aliphatic heterocycles. The summed E-state index contributed by atoms with van der Waals surface area (Å²) < 4.78 is 5.27. The fourth-order valence-corrected chi connectivity index (χ4v) is 1.60. The Labute approximate surface area is 71.7 Å². The average molecular weight is 173 g/mol. The van der Waals surface area contributed by atoms with Crippen LogP contribution in [-0.4, -0.2) is 29.8 Å². The molecule has 0 saturated carbocycles. The standard InChI is InChI=1S/C8H15NO3/c1-4-5(2)7(8(10)11)12-6(4)3-9/h4-7H,3,9H2,1-2H3,(H,10,11). The van der Waals surface area contributed by atoms with Crippen molar-refractivity contribution in [3.63, 3.8) is 0 Å². The molecule has 0 aromatic rings. The highest BCUT2D eigenvalue weighted by molar-refractivity contribution is 5.73. The van der Waals surface area contributed by atoms with Crippen molar-refractivity contribution < 1.29 is 14.6 Å². The predicted octanol–water partition coefficient (Wildman–Crippen LogP) is 0.0693. The molecule has 0 aromatic heterocycles. The highest BCUT2D eigenvalue weighted by Gasteiger charge is 2.42. The van der Waals surface area contributed by atoms with Gasteiger partial charge in [0.2, 0.25) is 0 Å². The van der Waals surface area contributed by atoms with Crippen LogP contribution in [0.25, 0.3) is 0 Å². The lowest BCUT2D eigenvalue weighted by molar-refractivity contribution is -0.150. The first-order valence-corrected chi connectivity index (χ1v) is 4.16. The molecular formula is C8H15NO3. The van der Waals surface area contributed by atoms with Crippen molar-refractivity contribution in [2.75, 3.05) is 6.54 Å². The zero-order valence-corrected chi connectivity index (χ0v) is 7.36. The largest absolute Gasteiger partial charge is 0.479 e. The summed E-state index contributed by atoms with van der Waals surface area (Å²) in [4.78, 5) is 10.7. The zero-order chi connectivity index (χ0) is 9.30. The van der Waals surface area contributed by atoms with Gasteiger partial charge in [-0.25, -0.2) is 4.79 Å². The second-order valence-corrected chi connectivity index (χ2v) is 3.39. The van der Waals surface area contributed by atoms with E-state index in [-0.39, 0.29) is 17.9 Å². The Kier molecular flexibility index (Phi) is 2.69. The summed E-state index contributed by atoms with van der Waals surface area (Å²) in [6.45, 7) is 4.26. The molecule has 3 N–H and O–H groups in total.